The molecular formula is C16H11FN2O4S. The van der Waals surface area contributed by atoms with E-state index in [2.05, 4.69) is 0 Å². The molecule has 1 unspecified atom stereocenters. The summed E-state index contributed by atoms with van der Waals surface area (Å²) in [5.41, 5.74) is 0.749. The lowest BCUT2D eigenvalue weighted by Crippen LogP contribution is -2.43. The maximum Gasteiger partial charge on any atom is 0.327 e. The Morgan fingerprint density at radius 1 is 1.29 bits per heavy atom. The topological polar surface area (TPSA) is 98.5 Å². The molecule has 2 aromatic rings. The number of carboxylic acids is 1. The average molecular weight is 346 g/mol. The van der Waals surface area contributed by atoms with Crippen molar-refractivity contribution in [2.24, 2.45) is 0 Å². The van der Waals surface area contributed by atoms with Gasteiger partial charge >= 0.3 is 5.97 Å². The van der Waals surface area contributed by atoms with Crippen molar-refractivity contribution in [2.75, 3.05) is 4.31 Å². The smallest absolute Gasteiger partial charge is 0.327 e. The first-order valence-electron chi connectivity index (χ1n) is 6.91. The maximum atomic E-state index is 14.2. The maximum absolute atomic E-state index is 14.2. The standard InChI is InChI=1S/C16H11FN2O4S/c17-12-7-10(9-18)5-6-15(12)24(22,23)19-13-4-2-1-3-11(13)8-14(19)16(20)21/h1-7,14H,8H2,(H,20,21). The number of hydrogen-bond donors (Lipinski definition) is 1. The number of aliphatic carboxylic acids is 1. The lowest BCUT2D eigenvalue weighted by Gasteiger charge is -2.24. The summed E-state index contributed by atoms with van der Waals surface area (Å²) in [5.74, 6) is -2.41. The number of nitrogens with zero attached hydrogens (tertiary/aromatic N) is 2. The van der Waals surface area contributed by atoms with E-state index in [0.29, 0.717) is 5.56 Å². The summed E-state index contributed by atoms with van der Waals surface area (Å²) in [4.78, 5) is 10.8. The number of para-hydroxylation sites is 1. The number of nitriles is 1. The van der Waals surface area contributed by atoms with Gasteiger partial charge in [-0.1, -0.05) is 18.2 Å². The Morgan fingerprint density at radius 2 is 2.00 bits per heavy atom. The quantitative estimate of drug-likeness (QED) is 0.915. The van der Waals surface area contributed by atoms with Gasteiger partial charge in [0.2, 0.25) is 0 Å². The first-order valence-corrected chi connectivity index (χ1v) is 8.35. The van der Waals surface area contributed by atoms with Crippen LogP contribution in [-0.2, 0) is 21.2 Å². The number of rotatable bonds is 3. The van der Waals surface area contributed by atoms with Gasteiger partial charge in [0.1, 0.15) is 16.8 Å². The third-order valence-corrected chi connectivity index (χ3v) is 5.66. The van der Waals surface area contributed by atoms with E-state index >= 15 is 0 Å². The minimum atomic E-state index is -4.43. The first kappa shape index (κ1) is 16.0. The fraction of sp³-hybridized carbons (Fsp3) is 0.125. The zero-order chi connectivity index (χ0) is 17.5. The lowest BCUT2D eigenvalue weighted by molar-refractivity contribution is -0.138. The number of halogens is 1. The van der Waals surface area contributed by atoms with Gasteiger partial charge in [-0.2, -0.15) is 5.26 Å². The fourth-order valence-corrected chi connectivity index (χ4v) is 4.42. The Morgan fingerprint density at radius 3 is 2.62 bits per heavy atom. The third-order valence-electron chi connectivity index (χ3n) is 3.81. The Bertz CT molecular complexity index is 982. The van der Waals surface area contributed by atoms with Crippen LogP contribution in [0, 0.1) is 17.1 Å². The zero-order valence-corrected chi connectivity index (χ0v) is 13.0. The largest absolute Gasteiger partial charge is 0.480 e. The van der Waals surface area contributed by atoms with Crippen molar-refractivity contribution in [3.8, 4) is 6.07 Å². The van der Waals surface area contributed by atoms with E-state index in [0.717, 1.165) is 16.4 Å². The third kappa shape index (κ3) is 2.39. The number of carbonyl (C=O) groups is 1. The van der Waals surface area contributed by atoms with Gasteiger partial charge in [0.25, 0.3) is 10.0 Å². The van der Waals surface area contributed by atoms with Crippen molar-refractivity contribution >= 4 is 21.7 Å². The van der Waals surface area contributed by atoms with Crippen LogP contribution < -0.4 is 4.31 Å². The average Bonchev–Trinajstić information content (AvgIpc) is 2.95. The number of anilines is 1. The molecule has 1 atom stereocenters. The molecular weight excluding hydrogens is 335 g/mol. The zero-order valence-electron chi connectivity index (χ0n) is 12.2. The number of sulfonamides is 1. The molecule has 3 rings (SSSR count). The molecule has 0 spiro atoms. The van der Waals surface area contributed by atoms with Crippen LogP contribution in [0.15, 0.2) is 47.4 Å². The second kappa shape index (κ2) is 5.62. The molecule has 1 aliphatic rings. The minimum absolute atomic E-state index is 0.00261. The summed E-state index contributed by atoms with van der Waals surface area (Å²) in [6.45, 7) is 0. The van der Waals surface area contributed by atoms with Crippen LogP contribution in [0.1, 0.15) is 11.1 Å². The van der Waals surface area contributed by atoms with Gasteiger partial charge in [0.05, 0.1) is 17.3 Å². The molecule has 6 nitrogen and oxygen atoms in total. The summed E-state index contributed by atoms with van der Waals surface area (Å²) < 4.78 is 40.7. The lowest BCUT2D eigenvalue weighted by atomic mass is 10.1. The van der Waals surface area contributed by atoms with Crippen LogP contribution in [0.25, 0.3) is 0 Å². The van der Waals surface area contributed by atoms with Crippen LogP contribution in [0.4, 0.5) is 10.1 Å². The molecule has 2 aromatic carbocycles. The van der Waals surface area contributed by atoms with Crippen LogP contribution in [-0.4, -0.2) is 25.5 Å². The molecule has 122 valence electrons. The number of benzene rings is 2. The summed E-state index contributed by atoms with van der Waals surface area (Å²) >= 11 is 0. The molecule has 8 heteroatoms. The monoisotopic (exact) mass is 346 g/mol. The molecule has 0 fully saturated rings. The molecule has 1 aliphatic heterocycles. The predicted molar refractivity (Wildman–Crippen MR) is 82.3 cm³/mol. The van der Waals surface area contributed by atoms with Crippen molar-refractivity contribution < 1.29 is 22.7 Å². The Balaban J connectivity index is 2.18. The molecule has 0 saturated heterocycles. The Kier molecular flexibility index (Phi) is 3.73. The summed E-state index contributed by atoms with van der Waals surface area (Å²) in [5, 5.41) is 18.1. The second-order valence-electron chi connectivity index (χ2n) is 5.24. The molecule has 0 amide bonds. The van der Waals surface area contributed by atoms with Crippen molar-refractivity contribution in [2.45, 2.75) is 17.4 Å². The van der Waals surface area contributed by atoms with Crippen molar-refractivity contribution in [3.63, 3.8) is 0 Å². The number of hydrogen-bond acceptors (Lipinski definition) is 4. The van der Waals surface area contributed by atoms with Crippen LogP contribution in [0.3, 0.4) is 0 Å². The Hall–Kier alpha value is -2.92. The van der Waals surface area contributed by atoms with E-state index < -0.39 is 32.7 Å². The summed E-state index contributed by atoms with van der Waals surface area (Å²) in [6.07, 6.45) is 0.00261. The number of fused-ring (bicyclic) bond motifs is 1. The molecule has 24 heavy (non-hydrogen) atoms. The van der Waals surface area contributed by atoms with Crippen LogP contribution in [0.2, 0.25) is 0 Å². The van der Waals surface area contributed by atoms with E-state index in [9.17, 15) is 22.7 Å². The number of carboxylic acid groups (broad SMARTS) is 1. The highest BCUT2D eigenvalue weighted by Gasteiger charge is 2.43. The summed E-state index contributed by atoms with van der Waals surface area (Å²) in [6, 6.07) is 9.71. The van der Waals surface area contributed by atoms with Crippen LogP contribution in [0.5, 0.6) is 0 Å². The Labute approximate surface area is 137 Å². The highest BCUT2D eigenvalue weighted by atomic mass is 32.2. The van der Waals surface area contributed by atoms with Crippen molar-refractivity contribution in [1.82, 2.24) is 0 Å². The normalized spacial score (nSPS) is 16.5. The predicted octanol–water partition coefficient (Wildman–Crippen LogP) is 1.90. The first-order chi connectivity index (χ1) is 11.4. The van der Waals surface area contributed by atoms with Gasteiger partial charge in [-0.05, 0) is 29.8 Å². The molecule has 0 aliphatic carbocycles. The van der Waals surface area contributed by atoms with Gasteiger partial charge in [-0.25, -0.2) is 17.6 Å². The summed E-state index contributed by atoms with van der Waals surface area (Å²) in [7, 11) is -4.43. The minimum Gasteiger partial charge on any atom is -0.480 e. The van der Waals surface area contributed by atoms with Crippen LogP contribution >= 0.6 is 0 Å². The van der Waals surface area contributed by atoms with E-state index in [1.807, 2.05) is 0 Å². The van der Waals surface area contributed by atoms with E-state index in [1.165, 1.54) is 12.1 Å². The van der Waals surface area contributed by atoms with Gasteiger partial charge < -0.3 is 5.11 Å². The van der Waals surface area contributed by atoms with Gasteiger partial charge in [-0.3, -0.25) is 4.31 Å². The van der Waals surface area contributed by atoms with E-state index in [4.69, 9.17) is 5.26 Å². The van der Waals surface area contributed by atoms with Gasteiger partial charge in [0.15, 0.2) is 0 Å². The second-order valence-corrected chi connectivity index (χ2v) is 7.03. The molecule has 0 saturated carbocycles. The van der Waals surface area contributed by atoms with Crippen molar-refractivity contribution in [1.29, 1.82) is 5.26 Å². The van der Waals surface area contributed by atoms with E-state index in [1.54, 1.807) is 24.3 Å². The fourth-order valence-electron chi connectivity index (χ4n) is 2.73. The molecule has 1 N–H and O–H groups in total. The highest BCUT2D eigenvalue weighted by molar-refractivity contribution is 7.93. The molecule has 0 bridgehead atoms. The highest BCUT2D eigenvalue weighted by Crippen LogP contribution is 2.37. The van der Waals surface area contributed by atoms with Gasteiger partial charge in [-0.15, -0.1) is 0 Å². The SMILES string of the molecule is N#Cc1ccc(S(=O)(=O)N2c3ccccc3CC2C(=O)O)c(F)c1. The molecule has 0 aromatic heterocycles. The van der Waals surface area contributed by atoms with Gasteiger partial charge in [0, 0.05) is 6.42 Å². The van der Waals surface area contributed by atoms with Crippen molar-refractivity contribution in [3.05, 3.63) is 59.4 Å². The van der Waals surface area contributed by atoms with E-state index in [-0.39, 0.29) is 17.7 Å². The molecule has 0 radical (unpaired) electrons. The molecule has 1 heterocycles.